The molecule has 0 aliphatic heterocycles. The molecule has 1 amide bonds. The molecule has 3 rings (SSSR count). The summed E-state index contributed by atoms with van der Waals surface area (Å²) >= 11 is 5.97. The molecule has 6 heteroatoms. The zero-order valence-electron chi connectivity index (χ0n) is 11.4. The van der Waals surface area contributed by atoms with E-state index in [9.17, 15) is 4.79 Å². The van der Waals surface area contributed by atoms with E-state index in [4.69, 9.17) is 11.6 Å². The van der Waals surface area contributed by atoms with Crippen molar-refractivity contribution in [2.75, 3.05) is 0 Å². The van der Waals surface area contributed by atoms with Gasteiger partial charge in [0, 0.05) is 31.5 Å². The number of rotatable bonds is 3. The Hall–Kier alpha value is -2.40. The fourth-order valence-corrected chi connectivity index (χ4v) is 2.27. The molecule has 2 aromatic heterocycles. The monoisotopic (exact) mass is 300 g/mol. The van der Waals surface area contributed by atoms with Gasteiger partial charge in [-0.15, -0.1) is 0 Å². The summed E-state index contributed by atoms with van der Waals surface area (Å²) in [5.41, 5.74) is 3.18. The maximum absolute atomic E-state index is 12.2. The summed E-state index contributed by atoms with van der Waals surface area (Å²) in [6, 6.07) is 9.06. The third-order valence-electron chi connectivity index (χ3n) is 3.29. The van der Waals surface area contributed by atoms with Gasteiger partial charge in [0.2, 0.25) is 5.28 Å². The van der Waals surface area contributed by atoms with Crippen LogP contribution in [-0.4, -0.2) is 20.4 Å². The summed E-state index contributed by atoms with van der Waals surface area (Å²) in [7, 11) is 1.82. The van der Waals surface area contributed by atoms with Crippen molar-refractivity contribution in [1.82, 2.24) is 19.9 Å². The van der Waals surface area contributed by atoms with Gasteiger partial charge in [0.15, 0.2) is 0 Å². The lowest BCUT2D eigenvalue weighted by atomic mass is 10.2. The van der Waals surface area contributed by atoms with Crippen molar-refractivity contribution in [1.29, 1.82) is 0 Å². The van der Waals surface area contributed by atoms with E-state index in [2.05, 4.69) is 15.3 Å². The molecule has 1 aromatic carbocycles. The van der Waals surface area contributed by atoms with Crippen LogP contribution in [0.5, 0.6) is 0 Å². The molecule has 0 aliphatic rings. The van der Waals surface area contributed by atoms with Crippen molar-refractivity contribution in [3.63, 3.8) is 0 Å². The molecule has 0 atom stereocenters. The predicted octanol–water partition coefficient (Wildman–Crippen LogP) is 2.55. The Morgan fingerprint density at radius 1 is 1.29 bits per heavy atom. The number of halogens is 1. The molecule has 0 bridgehead atoms. The van der Waals surface area contributed by atoms with E-state index < -0.39 is 0 Å². The molecule has 0 aliphatic carbocycles. The van der Waals surface area contributed by atoms with Crippen LogP contribution in [0.15, 0.2) is 42.7 Å². The molecule has 106 valence electrons. The molecule has 5 nitrogen and oxygen atoms in total. The van der Waals surface area contributed by atoms with Gasteiger partial charge in [-0.2, -0.15) is 0 Å². The number of imidazole rings is 1. The molecular formula is C15H13ClN4O. The first-order chi connectivity index (χ1) is 10.1. The van der Waals surface area contributed by atoms with Gasteiger partial charge < -0.3 is 9.88 Å². The summed E-state index contributed by atoms with van der Waals surface area (Å²) < 4.78 is 1.75. The van der Waals surface area contributed by atoms with E-state index in [0.717, 1.165) is 16.6 Å². The number of pyridine rings is 1. The topological polar surface area (TPSA) is 59.8 Å². The summed E-state index contributed by atoms with van der Waals surface area (Å²) in [5, 5.41) is 3.28. The quantitative estimate of drug-likeness (QED) is 0.808. The fraction of sp³-hybridized carbons (Fsp3) is 0.133. The number of aryl methyl sites for hydroxylation is 1. The van der Waals surface area contributed by atoms with Crippen LogP contribution < -0.4 is 5.32 Å². The molecule has 0 unspecified atom stereocenters. The highest BCUT2D eigenvalue weighted by atomic mass is 35.5. The Kier molecular flexibility index (Phi) is 3.58. The van der Waals surface area contributed by atoms with Crippen molar-refractivity contribution >= 4 is 28.5 Å². The highest BCUT2D eigenvalue weighted by Crippen LogP contribution is 2.19. The van der Waals surface area contributed by atoms with Gasteiger partial charge in [-0.1, -0.05) is 0 Å². The van der Waals surface area contributed by atoms with Crippen LogP contribution >= 0.6 is 11.6 Å². The molecule has 2 heterocycles. The van der Waals surface area contributed by atoms with Gasteiger partial charge in [-0.25, -0.2) is 4.98 Å². The fourth-order valence-electron chi connectivity index (χ4n) is 2.09. The summed E-state index contributed by atoms with van der Waals surface area (Å²) in [6.45, 7) is 0.464. The van der Waals surface area contributed by atoms with Crippen molar-refractivity contribution in [3.05, 3.63) is 59.1 Å². The van der Waals surface area contributed by atoms with Crippen LogP contribution in [0.4, 0.5) is 0 Å². The molecule has 0 fully saturated rings. The first-order valence-electron chi connectivity index (χ1n) is 6.44. The van der Waals surface area contributed by atoms with Crippen LogP contribution in [0, 0.1) is 0 Å². The van der Waals surface area contributed by atoms with Gasteiger partial charge in [0.05, 0.1) is 11.0 Å². The zero-order valence-corrected chi connectivity index (χ0v) is 12.1. The van der Waals surface area contributed by atoms with Crippen LogP contribution in [-0.2, 0) is 13.6 Å². The number of nitrogens with zero attached hydrogens (tertiary/aromatic N) is 3. The second kappa shape index (κ2) is 5.54. The third kappa shape index (κ3) is 2.73. The highest BCUT2D eigenvalue weighted by molar-refractivity contribution is 6.29. The molecule has 21 heavy (non-hydrogen) atoms. The summed E-state index contributed by atoms with van der Waals surface area (Å²) in [6.07, 6.45) is 3.40. The van der Waals surface area contributed by atoms with Gasteiger partial charge >= 0.3 is 0 Å². The number of hydrogen-bond donors (Lipinski definition) is 1. The Morgan fingerprint density at radius 3 is 2.81 bits per heavy atom. The van der Waals surface area contributed by atoms with Crippen LogP contribution in [0.2, 0.25) is 5.28 Å². The number of nitrogens with one attached hydrogen (secondary N) is 1. The number of hydrogen-bond acceptors (Lipinski definition) is 3. The first kappa shape index (κ1) is 13.6. The van der Waals surface area contributed by atoms with E-state index >= 15 is 0 Å². The number of carbonyl (C=O) groups excluding carboxylic acids is 1. The number of carbonyl (C=O) groups is 1. The summed E-state index contributed by atoms with van der Waals surface area (Å²) in [4.78, 5) is 20.3. The zero-order chi connectivity index (χ0) is 14.8. The molecule has 1 N–H and O–H groups in total. The summed E-state index contributed by atoms with van der Waals surface area (Å²) in [5.74, 6) is -0.133. The minimum Gasteiger partial charge on any atom is -0.348 e. The average Bonchev–Trinajstić information content (AvgIpc) is 2.80. The third-order valence-corrected chi connectivity index (χ3v) is 3.63. The Labute approximate surface area is 126 Å². The average molecular weight is 301 g/mol. The van der Waals surface area contributed by atoms with Crippen molar-refractivity contribution in [3.8, 4) is 0 Å². The molecule has 0 saturated heterocycles. The van der Waals surface area contributed by atoms with Gasteiger partial charge in [0.25, 0.3) is 5.91 Å². The SMILES string of the molecule is Cn1c(Cl)nc2ccc(C(=O)NCc3ccncc3)cc21. The Balaban J connectivity index is 1.80. The van der Waals surface area contributed by atoms with Gasteiger partial charge in [-0.3, -0.25) is 9.78 Å². The standard InChI is InChI=1S/C15H13ClN4O/c1-20-13-8-11(2-3-12(13)19-15(20)16)14(21)18-9-10-4-6-17-7-5-10/h2-8H,9H2,1H3,(H,18,21). The number of aromatic nitrogens is 3. The lowest BCUT2D eigenvalue weighted by Gasteiger charge is -2.05. The molecular weight excluding hydrogens is 288 g/mol. The molecule has 0 saturated carbocycles. The molecule has 0 spiro atoms. The highest BCUT2D eigenvalue weighted by Gasteiger charge is 2.10. The second-order valence-corrected chi connectivity index (χ2v) is 5.02. The van der Waals surface area contributed by atoms with E-state index in [1.807, 2.05) is 19.2 Å². The lowest BCUT2D eigenvalue weighted by Crippen LogP contribution is -2.22. The minimum atomic E-state index is -0.133. The number of amides is 1. The number of benzene rings is 1. The largest absolute Gasteiger partial charge is 0.348 e. The van der Waals surface area contributed by atoms with Crippen LogP contribution in [0.3, 0.4) is 0 Å². The first-order valence-corrected chi connectivity index (χ1v) is 6.82. The van der Waals surface area contributed by atoms with Gasteiger partial charge in [-0.05, 0) is 47.5 Å². The molecule has 3 aromatic rings. The van der Waals surface area contributed by atoms with E-state index in [0.29, 0.717) is 17.4 Å². The van der Waals surface area contributed by atoms with Crippen LogP contribution in [0.25, 0.3) is 11.0 Å². The Morgan fingerprint density at radius 2 is 2.05 bits per heavy atom. The van der Waals surface area contributed by atoms with E-state index in [1.54, 1.807) is 35.2 Å². The molecule has 0 radical (unpaired) electrons. The normalized spacial score (nSPS) is 10.8. The van der Waals surface area contributed by atoms with Crippen molar-refractivity contribution < 1.29 is 4.79 Å². The maximum atomic E-state index is 12.2. The van der Waals surface area contributed by atoms with E-state index in [1.165, 1.54) is 0 Å². The minimum absolute atomic E-state index is 0.133. The lowest BCUT2D eigenvalue weighted by molar-refractivity contribution is 0.0951. The maximum Gasteiger partial charge on any atom is 0.251 e. The predicted molar refractivity (Wildman–Crippen MR) is 81.1 cm³/mol. The Bertz CT molecular complexity index is 798. The van der Waals surface area contributed by atoms with Crippen molar-refractivity contribution in [2.45, 2.75) is 6.54 Å². The van der Waals surface area contributed by atoms with Crippen molar-refractivity contribution in [2.24, 2.45) is 7.05 Å². The number of fused-ring (bicyclic) bond motifs is 1. The van der Waals surface area contributed by atoms with Crippen LogP contribution in [0.1, 0.15) is 15.9 Å². The smallest absolute Gasteiger partial charge is 0.251 e. The van der Waals surface area contributed by atoms with Gasteiger partial charge in [0.1, 0.15) is 0 Å². The van der Waals surface area contributed by atoms with E-state index in [-0.39, 0.29) is 5.91 Å². The second-order valence-electron chi connectivity index (χ2n) is 4.68.